The molecule has 2 heterocycles. The van der Waals surface area contributed by atoms with Gasteiger partial charge in [0.1, 0.15) is 11.5 Å². The van der Waals surface area contributed by atoms with Crippen molar-refractivity contribution in [2.45, 2.75) is 51.7 Å². The van der Waals surface area contributed by atoms with E-state index in [1.54, 1.807) is 12.1 Å². The van der Waals surface area contributed by atoms with Crippen molar-refractivity contribution in [2.24, 2.45) is 0 Å². The molecule has 1 aromatic rings. The van der Waals surface area contributed by atoms with Gasteiger partial charge in [-0.2, -0.15) is 4.98 Å². The minimum atomic E-state index is -0.425. The highest BCUT2D eigenvalue weighted by atomic mass is 16.5. The van der Waals surface area contributed by atoms with Crippen molar-refractivity contribution in [1.29, 1.82) is 5.41 Å². The van der Waals surface area contributed by atoms with Crippen LogP contribution in [0.1, 0.15) is 45.1 Å². The Bertz CT molecular complexity index is 580. The van der Waals surface area contributed by atoms with Gasteiger partial charge in [-0.05, 0) is 38.3 Å². The van der Waals surface area contributed by atoms with Crippen LogP contribution in [-0.2, 0) is 4.79 Å². The second-order valence-electron chi connectivity index (χ2n) is 6.03. The van der Waals surface area contributed by atoms with Gasteiger partial charge in [-0.1, -0.05) is 13.8 Å². The third-order valence-corrected chi connectivity index (χ3v) is 4.23. The molecule has 24 heavy (non-hydrogen) atoms. The van der Waals surface area contributed by atoms with Gasteiger partial charge in [0.15, 0.2) is 0 Å². The summed E-state index contributed by atoms with van der Waals surface area (Å²) in [7, 11) is 0. The Morgan fingerprint density at radius 3 is 2.83 bits per heavy atom. The van der Waals surface area contributed by atoms with Gasteiger partial charge in [0.2, 0.25) is 5.88 Å². The van der Waals surface area contributed by atoms with Crippen LogP contribution in [0.2, 0.25) is 0 Å². The van der Waals surface area contributed by atoms with Crippen LogP contribution in [0.25, 0.3) is 0 Å². The molecule has 0 aliphatic carbocycles. The Hall–Kier alpha value is -2.15. The lowest BCUT2D eigenvalue weighted by Gasteiger charge is -2.24. The maximum Gasteiger partial charge on any atom is 0.270 e. The van der Waals surface area contributed by atoms with Crippen molar-refractivity contribution in [3.05, 3.63) is 17.7 Å². The maximum atomic E-state index is 12.2. The normalized spacial score (nSPS) is 17.5. The number of piperidine rings is 1. The summed E-state index contributed by atoms with van der Waals surface area (Å²) in [5, 5.41) is 14.2. The van der Waals surface area contributed by atoms with Crippen molar-refractivity contribution in [2.75, 3.05) is 18.8 Å². The van der Waals surface area contributed by atoms with Crippen LogP contribution < -0.4 is 21.1 Å². The third kappa shape index (κ3) is 4.67. The zero-order valence-electron chi connectivity index (χ0n) is 14.4. The molecule has 1 saturated heterocycles. The molecule has 132 valence electrons. The number of aromatic nitrogens is 1. The third-order valence-electron chi connectivity index (χ3n) is 4.23. The molecular weight excluding hydrogens is 306 g/mol. The second-order valence-corrected chi connectivity index (χ2v) is 6.03. The lowest BCUT2D eigenvalue weighted by atomic mass is 10.1. The highest BCUT2D eigenvalue weighted by molar-refractivity contribution is 6.45. The molecule has 0 radical (unpaired) electrons. The number of carbonyl (C=O) groups is 1. The van der Waals surface area contributed by atoms with E-state index in [2.05, 4.69) is 15.6 Å². The highest BCUT2D eigenvalue weighted by Crippen LogP contribution is 2.18. The van der Waals surface area contributed by atoms with E-state index in [0.29, 0.717) is 11.4 Å². The Labute approximate surface area is 142 Å². The van der Waals surface area contributed by atoms with Gasteiger partial charge in [0, 0.05) is 24.2 Å². The molecule has 1 aliphatic heterocycles. The monoisotopic (exact) mass is 333 g/mol. The number of nitrogen functional groups attached to an aromatic ring is 1. The van der Waals surface area contributed by atoms with E-state index in [0.717, 1.165) is 38.8 Å². The minimum absolute atomic E-state index is 0.0539. The second kappa shape index (κ2) is 8.63. The van der Waals surface area contributed by atoms with Crippen molar-refractivity contribution in [3.63, 3.8) is 0 Å². The number of ether oxygens (including phenoxy) is 1. The lowest BCUT2D eigenvalue weighted by molar-refractivity contribution is -0.115. The Balaban J connectivity index is 2.02. The molecule has 2 rings (SSSR count). The fourth-order valence-electron chi connectivity index (χ4n) is 2.71. The van der Waals surface area contributed by atoms with Crippen molar-refractivity contribution in [3.8, 4) is 5.88 Å². The van der Waals surface area contributed by atoms with Crippen molar-refractivity contribution >= 4 is 17.4 Å². The van der Waals surface area contributed by atoms with Gasteiger partial charge >= 0.3 is 0 Å². The number of anilines is 1. The van der Waals surface area contributed by atoms with Crippen LogP contribution >= 0.6 is 0 Å². The molecule has 1 amide bonds. The van der Waals surface area contributed by atoms with Crippen LogP contribution in [0.5, 0.6) is 5.88 Å². The van der Waals surface area contributed by atoms with Crippen LogP contribution in [0.3, 0.4) is 0 Å². The molecule has 0 bridgehead atoms. The number of hydrogen-bond donors (Lipinski definition) is 4. The Kier molecular flexibility index (Phi) is 6.54. The first-order chi connectivity index (χ1) is 11.5. The summed E-state index contributed by atoms with van der Waals surface area (Å²) in [5.41, 5.74) is 6.09. The molecule has 1 atom stereocenters. The van der Waals surface area contributed by atoms with Crippen LogP contribution in [0, 0.1) is 5.41 Å². The molecule has 0 spiro atoms. The number of hydrogen-bond acceptors (Lipinski definition) is 6. The zero-order valence-corrected chi connectivity index (χ0v) is 14.4. The molecule has 5 N–H and O–H groups in total. The van der Waals surface area contributed by atoms with Gasteiger partial charge < -0.3 is 21.1 Å². The average Bonchev–Trinajstić information content (AvgIpc) is 2.60. The van der Waals surface area contributed by atoms with Gasteiger partial charge in [-0.3, -0.25) is 10.2 Å². The van der Waals surface area contributed by atoms with E-state index >= 15 is 0 Å². The van der Waals surface area contributed by atoms with Gasteiger partial charge in [0.25, 0.3) is 5.91 Å². The maximum absolute atomic E-state index is 12.2. The minimum Gasteiger partial charge on any atom is -0.474 e. The molecule has 0 aromatic carbocycles. The molecule has 7 heteroatoms. The largest absolute Gasteiger partial charge is 0.474 e. The molecule has 0 saturated carbocycles. The fraction of sp³-hybridized carbons (Fsp3) is 0.588. The van der Waals surface area contributed by atoms with E-state index in [4.69, 9.17) is 15.9 Å². The molecule has 1 aliphatic rings. The van der Waals surface area contributed by atoms with Gasteiger partial charge in [-0.25, -0.2) is 0 Å². The van der Waals surface area contributed by atoms with Crippen molar-refractivity contribution < 1.29 is 9.53 Å². The summed E-state index contributed by atoms with van der Waals surface area (Å²) in [5.74, 6) is 0.140. The van der Waals surface area contributed by atoms with Crippen LogP contribution in [-0.4, -0.2) is 41.8 Å². The zero-order chi connectivity index (χ0) is 17.5. The number of nitrogens with two attached hydrogens (primary N) is 1. The summed E-state index contributed by atoms with van der Waals surface area (Å²) in [4.78, 5) is 16.4. The van der Waals surface area contributed by atoms with Crippen LogP contribution in [0.4, 0.5) is 5.82 Å². The standard InChI is InChI=1S/C17H27N5O2/c1-3-12(4-2)24-14-8-7-13(16(19)22-14)15(18)17(23)21-11-6-5-9-20-10-11/h7-8,11-12,18,20H,3-6,9-10H2,1-2H3,(H2,19,22)(H,21,23). The Morgan fingerprint density at radius 2 is 2.25 bits per heavy atom. The van der Waals surface area contributed by atoms with Gasteiger partial charge in [0.05, 0.1) is 6.10 Å². The van der Waals surface area contributed by atoms with E-state index in [1.165, 1.54) is 0 Å². The van der Waals surface area contributed by atoms with E-state index in [1.807, 2.05) is 13.8 Å². The quantitative estimate of drug-likeness (QED) is 0.564. The summed E-state index contributed by atoms with van der Waals surface area (Å²) in [6.07, 6.45) is 3.79. The van der Waals surface area contributed by atoms with Gasteiger partial charge in [-0.15, -0.1) is 0 Å². The topological polar surface area (TPSA) is 113 Å². The number of carbonyl (C=O) groups excluding carboxylic acids is 1. The van der Waals surface area contributed by atoms with E-state index in [9.17, 15) is 4.79 Å². The van der Waals surface area contributed by atoms with E-state index in [-0.39, 0.29) is 23.7 Å². The molecule has 1 unspecified atom stereocenters. The summed E-state index contributed by atoms with van der Waals surface area (Å²) < 4.78 is 5.74. The average molecular weight is 333 g/mol. The first kappa shape index (κ1) is 18.2. The first-order valence-corrected chi connectivity index (χ1v) is 8.58. The number of pyridine rings is 1. The smallest absolute Gasteiger partial charge is 0.270 e. The highest BCUT2D eigenvalue weighted by Gasteiger charge is 2.21. The summed E-state index contributed by atoms with van der Waals surface area (Å²) in [6, 6.07) is 3.34. The fourth-order valence-corrected chi connectivity index (χ4v) is 2.71. The lowest BCUT2D eigenvalue weighted by Crippen LogP contribution is -2.47. The van der Waals surface area contributed by atoms with E-state index < -0.39 is 5.91 Å². The number of nitrogens with one attached hydrogen (secondary N) is 3. The molecule has 7 nitrogen and oxygen atoms in total. The van der Waals surface area contributed by atoms with Crippen LogP contribution in [0.15, 0.2) is 12.1 Å². The Morgan fingerprint density at radius 1 is 1.50 bits per heavy atom. The van der Waals surface area contributed by atoms with Crippen molar-refractivity contribution in [1.82, 2.24) is 15.6 Å². The molecule has 1 aromatic heterocycles. The predicted molar refractivity (Wildman–Crippen MR) is 94.5 cm³/mol. The summed E-state index contributed by atoms with van der Waals surface area (Å²) in [6.45, 7) is 5.80. The summed E-state index contributed by atoms with van der Waals surface area (Å²) >= 11 is 0. The number of nitrogens with zero attached hydrogens (tertiary/aromatic N) is 1. The number of rotatable bonds is 7. The number of amides is 1. The molecular formula is C17H27N5O2. The first-order valence-electron chi connectivity index (χ1n) is 8.58. The molecule has 1 fully saturated rings. The SMILES string of the molecule is CCC(CC)Oc1ccc(C(=N)C(=O)NC2CCCNC2)c(N)n1. The predicted octanol–water partition coefficient (Wildman–Crippen LogP) is 1.47.